The molecule has 2 heterocycles. The van der Waals surface area contributed by atoms with E-state index >= 15 is 0 Å². The molecule has 2 aromatic rings. The number of rotatable bonds is 4. The second-order valence-electron chi connectivity index (χ2n) is 3.38. The van der Waals surface area contributed by atoms with Crippen molar-refractivity contribution >= 4 is 33.4 Å². The van der Waals surface area contributed by atoms with Gasteiger partial charge in [-0.25, -0.2) is 9.78 Å². The molecule has 0 spiro atoms. The summed E-state index contributed by atoms with van der Waals surface area (Å²) in [6, 6.07) is 2.76. The zero-order chi connectivity index (χ0) is 14.0. The summed E-state index contributed by atoms with van der Waals surface area (Å²) in [6.45, 7) is 0. The normalized spacial score (nSPS) is 11.2. The summed E-state index contributed by atoms with van der Waals surface area (Å²) >= 11 is 5.69. The van der Waals surface area contributed by atoms with Gasteiger partial charge in [-0.05, 0) is 6.07 Å². The molecule has 0 amide bonds. The lowest BCUT2D eigenvalue weighted by Crippen LogP contribution is -2.17. The number of hydrogen-bond donors (Lipinski definition) is 3. The molecule has 0 saturated heterocycles. The van der Waals surface area contributed by atoms with Gasteiger partial charge in [0.2, 0.25) is 0 Å². The third-order valence-electron chi connectivity index (χ3n) is 2.06. The number of pyridine rings is 1. The van der Waals surface area contributed by atoms with Crippen molar-refractivity contribution in [3.05, 3.63) is 35.1 Å². The number of H-pyrrole nitrogens is 1. The van der Waals surface area contributed by atoms with Gasteiger partial charge in [0.15, 0.2) is 5.03 Å². The molecule has 0 aliphatic rings. The van der Waals surface area contributed by atoms with Crippen molar-refractivity contribution in [3.63, 3.8) is 0 Å². The van der Waals surface area contributed by atoms with E-state index in [0.29, 0.717) is 0 Å². The SMILES string of the molecule is O=C(O)c1cn[nH]c1S(=O)(=O)Nc1cc(Cl)ccn1. The minimum absolute atomic E-state index is 0.0292. The summed E-state index contributed by atoms with van der Waals surface area (Å²) in [5.74, 6) is -1.44. The molecule has 0 fully saturated rings. The molecule has 0 aliphatic heterocycles. The van der Waals surface area contributed by atoms with Gasteiger partial charge < -0.3 is 5.11 Å². The van der Waals surface area contributed by atoms with Gasteiger partial charge in [0.1, 0.15) is 11.4 Å². The first-order chi connectivity index (χ1) is 8.90. The number of aromatic amines is 1. The van der Waals surface area contributed by atoms with Gasteiger partial charge in [0.25, 0.3) is 10.0 Å². The molecular weight excluding hydrogens is 296 g/mol. The van der Waals surface area contributed by atoms with Gasteiger partial charge in [0.05, 0.1) is 6.20 Å². The number of aromatic carboxylic acids is 1. The third-order valence-corrected chi connectivity index (χ3v) is 3.63. The molecule has 10 heteroatoms. The molecular formula is C9H7ClN4O4S. The summed E-state index contributed by atoms with van der Waals surface area (Å²) in [5, 5.41) is 14.1. The molecule has 0 aromatic carbocycles. The molecule has 3 N–H and O–H groups in total. The number of anilines is 1. The Kier molecular flexibility index (Phi) is 3.40. The largest absolute Gasteiger partial charge is 0.478 e. The fourth-order valence-corrected chi connectivity index (χ4v) is 2.53. The van der Waals surface area contributed by atoms with Gasteiger partial charge in [0, 0.05) is 17.3 Å². The van der Waals surface area contributed by atoms with E-state index < -0.39 is 26.6 Å². The third kappa shape index (κ3) is 2.83. The highest BCUT2D eigenvalue weighted by atomic mass is 35.5. The predicted octanol–water partition coefficient (Wildman–Crippen LogP) is 0.957. The first kappa shape index (κ1) is 13.3. The Morgan fingerprint density at radius 1 is 1.47 bits per heavy atom. The summed E-state index contributed by atoms with van der Waals surface area (Å²) in [5.41, 5.74) is -0.463. The number of nitrogens with one attached hydrogen (secondary N) is 2. The minimum Gasteiger partial charge on any atom is -0.478 e. The monoisotopic (exact) mass is 302 g/mol. The topological polar surface area (TPSA) is 125 Å². The molecule has 0 aliphatic carbocycles. The second-order valence-corrected chi connectivity index (χ2v) is 5.44. The van der Waals surface area contributed by atoms with Crippen molar-refractivity contribution in [3.8, 4) is 0 Å². The van der Waals surface area contributed by atoms with Crippen molar-refractivity contribution in [2.75, 3.05) is 4.72 Å². The lowest BCUT2D eigenvalue weighted by Gasteiger charge is -2.06. The smallest absolute Gasteiger partial charge is 0.340 e. The van der Waals surface area contributed by atoms with Crippen LogP contribution in [0.25, 0.3) is 0 Å². The van der Waals surface area contributed by atoms with E-state index in [1.165, 1.54) is 18.3 Å². The zero-order valence-corrected chi connectivity index (χ0v) is 10.7. The number of nitrogens with zero attached hydrogens (tertiary/aromatic N) is 2. The Balaban J connectivity index is 2.38. The van der Waals surface area contributed by atoms with Crippen LogP contribution in [-0.2, 0) is 10.0 Å². The van der Waals surface area contributed by atoms with E-state index in [1.807, 2.05) is 0 Å². The molecule has 2 rings (SSSR count). The molecule has 0 atom stereocenters. The van der Waals surface area contributed by atoms with E-state index in [2.05, 4.69) is 19.9 Å². The second kappa shape index (κ2) is 4.86. The number of carboxylic acid groups (broad SMARTS) is 1. The zero-order valence-electron chi connectivity index (χ0n) is 9.16. The van der Waals surface area contributed by atoms with Crippen LogP contribution in [0.1, 0.15) is 10.4 Å². The predicted molar refractivity (Wildman–Crippen MR) is 65.6 cm³/mol. The molecule has 0 bridgehead atoms. The van der Waals surface area contributed by atoms with Gasteiger partial charge in [-0.2, -0.15) is 13.5 Å². The Labute approximate surface area is 112 Å². The Hall–Kier alpha value is -2.13. The summed E-state index contributed by atoms with van der Waals surface area (Å²) < 4.78 is 26.0. The van der Waals surface area contributed by atoms with Crippen LogP contribution in [0.15, 0.2) is 29.6 Å². The van der Waals surface area contributed by atoms with Crippen LogP contribution < -0.4 is 4.72 Å². The highest BCUT2D eigenvalue weighted by Gasteiger charge is 2.25. The maximum Gasteiger partial charge on any atom is 0.340 e. The van der Waals surface area contributed by atoms with E-state index in [0.717, 1.165) is 6.20 Å². The molecule has 8 nitrogen and oxygen atoms in total. The average Bonchev–Trinajstić information content (AvgIpc) is 2.77. The van der Waals surface area contributed by atoms with E-state index in [1.54, 1.807) is 0 Å². The maximum absolute atomic E-state index is 12.0. The average molecular weight is 303 g/mol. The fourth-order valence-electron chi connectivity index (χ4n) is 1.28. The number of hydrogen-bond acceptors (Lipinski definition) is 5. The highest BCUT2D eigenvalue weighted by Crippen LogP contribution is 2.18. The number of carboxylic acids is 1. The van der Waals surface area contributed by atoms with Crippen LogP contribution in [0.2, 0.25) is 5.02 Å². The van der Waals surface area contributed by atoms with E-state index in [4.69, 9.17) is 16.7 Å². The van der Waals surface area contributed by atoms with Crippen LogP contribution in [0.4, 0.5) is 5.82 Å². The standard InChI is InChI=1S/C9H7ClN4O4S/c10-5-1-2-11-7(3-5)14-19(17,18)8-6(9(15)16)4-12-13-8/h1-4H,(H,11,14)(H,12,13)(H,15,16). The molecule has 0 unspecified atom stereocenters. The molecule has 0 radical (unpaired) electrons. The van der Waals surface area contributed by atoms with Gasteiger partial charge in [-0.15, -0.1) is 0 Å². The van der Waals surface area contributed by atoms with Crippen molar-refractivity contribution in [1.82, 2.24) is 15.2 Å². The number of sulfonamides is 1. The number of halogens is 1. The first-order valence-electron chi connectivity index (χ1n) is 4.81. The fraction of sp³-hybridized carbons (Fsp3) is 0. The van der Waals surface area contributed by atoms with Crippen LogP contribution in [-0.4, -0.2) is 34.7 Å². The van der Waals surface area contributed by atoms with Gasteiger partial charge in [-0.3, -0.25) is 9.82 Å². The van der Waals surface area contributed by atoms with Crippen LogP contribution >= 0.6 is 11.6 Å². The van der Waals surface area contributed by atoms with E-state index in [-0.39, 0.29) is 10.8 Å². The Bertz CT molecular complexity index is 727. The lowest BCUT2D eigenvalue weighted by atomic mass is 10.4. The summed E-state index contributed by atoms with van der Waals surface area (Å²) in [7, 11) is -4.13. The van der Waals surface area contributed by atoms with Crippen LogP contribution in [0.5, 0.6) is 0 Å². The van der Waals surface area contributed by atoms with Crippen molar-refractivity contribution < 1.29 is 18.3 Å². The molecule has 0 saturated carbocycles. The molecule has 100 valence electrons. The Morgan fingerprint density at radius 3 is 2.84 bits per heavy atom. The van der Waals surface area contributed by atoms with Gasteiger partial charge >= 0.3 is 5.97 Å². The number of aromatic nitrogens is 3. The van der Waals surface area contributed by atoms with Crippen LogP contribution in [0.3, 0.4) is 0 Å². The highest BCUT2D eigenvalue weighted by molar-refractivity contribution is 7.92. The minimum atomic E-state index is -4.13. The summed E-state index contributed by atoms with van der Waals surface area (Å²) in [4.78, 5) is 14.6. The van der Waals surface area contributed by atoms with Crippen LogP contribution in [0, 0.1) is 0 Å². The molecule has 2 aromatic heterocycles. The van der Waals surface area contributed by atoms with E-state index in [9.17, 15) is 13.2 Å². The van der Waals surface area contributed by atoms with Crippen molar-refractivity contribution in [1.29, 1.82) is 0 Å². The summed E-state index contributed by atoms with van der Waals surface area (Å²) in [6.07, 6.45) is 2.22. The van der Waals surface area contributed by atoms with Crippen molar-refractivity contribution in [2.45, 2.75) is 5.03 Å². The Morgan fingerprint density at radius 2 is 2.21 bits per heavy atom. The first-order valence-corrected chi connectivity index (χ1v) is 6.67. The lowest BCUT2D eigenvalue weighted by molar-refractivity contribution is 0.0692. The van der Waals surface area contributed by atoms with Crippen molar-refractivity contribution in [2.24, 2.45) is 0 Å². The maximum atomic E-state index is 12.0. The quantitative estimate of drug-likeness (QED) is 0.772. The number of carbonyl (C=O) groups is 1. The molecule has 19 heavy (non-hydrogen) atoms. The van der Waals surface area contributed by atoms with Gasteiger partial charge in [-0.1, -0.05) is 11.6 Å².